The molecule has 2 aliphatic rings. The average Bonchev–Trinajstić information content (AvgIpc) is 3.07. The summed E-state index contributed by atoms with van der Waals surface area (Å²) in [4.78, 5) is 0.527. The second kappa shape index (κ2) is 4.19. The van der Waals surface area contributed by atoms with E-state index < -0.39 is 0 Å². The van der Waals surface area contributed by atoms with E-state index in [0.29, 0.717) is 21.8 Å². The summed E-state index contributed by atoms with van der Waals surface area (Å²) in [6.45, 7) is 0. The molecule has 2 aliphatic carbocycles. The molecule has 1 heterocycles. The van der Waals surface area contributed by atoms with Crippen molar-refractivity contribution >= 4 is 17.0 Å². The molecule has 6 heteroatoms. The number of rotatable bonds is 2. The standard InChI is InChI=1S/C14H16N4O2/c19-17-12-3-1-2-4-13(12)18(20)16-14(17)15-11-8-9-5-6-10(11)7-9/h1-4,9-11H,5-8H2,(H,15,16)/t9-,10-,11-/m1/s1. The van der Waals surface area contributed by atoms with E-state index in [1.807, 2.05) is 0 Å². The third-order valence-electron chi connectivity index (χ3n) is 4.74. The SMILES string of the molecule is [O-][n+]1nc(N[C@@H]2C[C@@H]3CC[C@@H]2C3)[n+]([O-])c2ccccc21. The van der Waals surface area contributed by atoms with Crippen molar-refractivity contribution in [2.75, 3.05) is 5.32 Å². The van der Waals surface area contributed by atoms with Gasteiger partial charge in [0.15, 0.2) is 5.52 Å². The van der Waals surface area contributed by atoms with Crippen molar-refractivity contribution in [3.63, 3.8) is 0 Å². The molecule has 1 aromatic carbocycles. The molecule has 20 heavy (non-hydrogen) atoms. The van der Waals surface area contributed by atoms with Gasteiger partial charge in [-0.05, 0) is 43.6 Å². The van der Waals surface area contributed by atoms with Gasteiger partial charge in [-0.2, -0.15) is 0 Å². The van der Waals surface area contributed by atoms with E-state index in [0.717, 1.165) is 17.1 Å². The van der Waals surface area contributed by atoms with Crippen LogP contribution in [0.3, 0.4) is 0 Å². The molecule has 2 aromatic rings. The normalized spacial score (nSPS) is 28.1. The first kappa shape index (κ1) is 11.7. The van der Waals surface area contributed by atoms with Crippen LogP contribution in [-0.4, -0.2) is 11.1 Å². The van der Waals surface area contributed by atoms with Gasteiger partial charge in [-0.3, -0.25) is 5.32 Å². The van der Waals surface area contributed by atoms with Crippen LogP contribution in [0.1, 0.15) is 25.7 Å². The monoisotopic (exact) mass is 272 g/mol. The topological polar surface area (TPSA) is 78.8 Å². The Bertz CT molecular complexity index is 676. The Morgan fingerprint density at radius 1 is 1.10 bits per heavy atom. The van der Waals surface area contributed by atoms with Crippen molar-refractivity contribution in [3.8, 4) is 0 Å². The molecule has 0 spiro atoms. The molecule has 0 radical (unpaired) electrons. The molecule has 1 aromatic heterocycles. The predicted octanol–water partition coefficient (Wildman–Crippen LogP) is 1.10. The highest BCUT2D eigenvalue weighted by Crippen LogP contribution is 2.45. The van der Waals surface area contributed by atoms with Gasteiger partial charge in [-0.25, -0.2) is 4.73 Å². The largest absolute Gasteiger partial charge is 0.739 e. The van der Waals surface area contributed by atoms with Crippen molar-refractivity contribution in [1.29, 1.82) is 0 Å². The predicted molar refractivity (Wildman–Crippen MR) is 72.5 cm³/mol. The summed E-state index contributed by atoms with van der Waals surface area (Å²) in [5.74, 6) is 1.52. The molecule has 0 amide bonds. The third-order valence-corrected chi connectivity index (χ3v) is 4.74. The van der Waals surface area contributed by atoms with Gasteiger partial charge in [0.2, 0.25) is 5.10 Å². The van der Waals surface area contributed by atoms with E-state index >= 15 is 0 Å². The summed E-state index contributed by atoms with van der Waals surface area (Å²) in [6.07, 6.45) is 4.83. The van der Waals surface area contributed by atoms with E-state index in [1.165, 1.54) is 19.3 Å². The van der Waals surface area contributed by atoms with Crippen molar-refractivity contribution in [2.24, 2.45) is 11.8 Å². The molecule has 3 atom stereocenters. The Balaban J connectivity index is 1.71. The lowest BCUT2D eigenvalue weighted by Gasteiger charge is -2.20. The first-order chi connectivity index (χ1) is 9.72. The maximum absolute atomic E-state index is 12.3. The van der Waals surface area contributed by atoms with Crippen molar-refractivity contribution in [3.05, 3.63) is 34.7 Å². The van der Waals surface area contributed by atoms with Gasteiger partial charge in [0.25, 0.3) is 5.52 Å². The second-order valence-corrected chi connectivity index (χ2v) is 5.91. The Morgan fingerprint density at radius 2 is 1.90 bits per heavy atom. The fraction of sp³-hybridized carbons (Fsp3) is 0.500. The summed E-state index contributed by atoms with van der Waals surface area (Å²) in [5, 5.41) is 31.3. The quantitative estimate of drug-likeness (QED) is 0.656. The van der Waals surface area contributed by atoms with Crippen LogP contribution in [0.5, 0.6) is 0 Å². The second-order valence-electron chi connectivity index (χ2n) is 5.91. The minimum Gasteiger partial charge on any atom is -0.739 e. The fourth-order valence-electron chi connectivity index (χ4n) is 3.77. The van der Waals surface area contributed by atoms with Crippen molar-refractivity contribution in [2.45, 2.75) is 31.7 Å². The highest BCUT2D eigenvalue weighted by atomic mass is 16.5. The van der Waals surface area contributed by atoms with Crippen LogP contribution >= 0.6 is 0 Å². The number of hydrogen-bond acceptors (Lipinski definition) is 4. The fourth-order valence-corrected chi connectivity index (χ4v) is 3.77. The lowest BCUT2D eigenvalue weighted by molar-refractivity contribution is -0.672. The van der Waals surface area contributed by atoms with E-state index in [-0.39, 0.29) is 12.0 Å². The van der Waals surface area contributed by atoms with Crippen LogP contribution < -0.4 is 14.9 Å². The zero-order chi connectivity index (χ0) is 13.7. The molecule has 4 rings (SSSR count). The van der Waals surface area contributed by atoms with Crippen LogP contribution in [-0.2, 0) is 0 Å². The lowest BCUT2D eigenvalue weighted by atomic mass is 9.95. The van der Waals surface area contributed by atoms with Crippen LogP contribution in [0.25, 0.3) is 11.0 Å². The number of aromatic nitrogens is 3. The van der Waals surface area contributed by atoms with Gasteiger partial charge < -0.3 is 10.4 Å². The summed E-state index contributed by atoms with van der Waals surface area (Å²) in [6, 6.07) is 7.00. The summed E-state index contributed by atoms with van der Waals surface area (Å²) in [5.41, 5.74) is 0.643. The molecule has 0 aliphatic heterocycles. The molecule has 1 N–H and O–H groups in total. The highest BCUT2D eigenvalue weighted by Gasteiger charge is 2.42. The van der Waals surface area contributed by atoms with E-state index in [2.05, 4.69) is 10.4 Å². The number of fused-ring (bicyclic) bond motifs is 3. The smallest absolute Gasteiger partial charge is 0.461 e. The maximum Gasteiger partial charge on any atom is 0.461 e. The number of anilines is 1. The molecule has 2 bridgehead atoms. The molecule has 0 unspecified atom stereocenters. The van der Waals surface area contributed by atoms with Gasteiger partial charge in [-0.15, -0.1) is 0 Å². The minimum absolute atomic E-state index is 0.122. The zero-order valence-corrected chi connectivity index (χ0v) is 11.0. The number of benzene rings is 1. The Labute approximate surface area is 116 Å². The molecule has 2 saturated carbocycles. The first-order valence-corrected chi connectivity index (χ1v) is 7.11. The average molecular weight is 272 g/mol. The lowest BCUT2D eigenvalue weighted by Crippen LogP contribution is -2.46. The Morgan fingerprint density at radius 3 is 2.60 bits per heavy atom. The van der Waals surface area contributed by atoms with Crippen molar-refractivity contribution in [1.82, 2.24) is 5.10 Å². The summed E-state index contributed by atoms with van der Waals surface area (Å²) >= 11 is 0. The van der Waals surface area contributed by atoms with Gasteiger partial charge in [0.05, 0.1) is 6.04 Å². The number of nitrogens with zero attached hydrogens (tertiary/aromatic N) is 3. The highest BCUT2D eigenvalue weighted by molar-refractivity contribution is 5.67. The van der Waals surface area contributed by atoms with Crippen molar-refractivity contribution < 1.29 is 9.58 Å². The molecule has 2 fully saturated rings. The van der Waals surface area contributed by atoms with Crippen LogP contribution in [0.4, 0.5) is 5.95 Å². The van der Waals surface area contributed by atoms with Crippen LogP contribution in [0, 0.1) is 22.3 Å². The number of hydrogen-bond donors (Lipinski definition) is 1. The van der Waals surface area contributed by atoms with Gasteiger partial charge in [-0.1, -0.05) is 12.1 Å². The Kier molecular flexibility index (Phi) is 2.45. The van der Waals surface area contributed by atoms with Gasteiger partial charge >= 0.3 is 5.95 Å². The van der Waals surface area contributed by atoms with Crippen LogP contribution in [0.2, 0.25) is 0 Å². The summed E-state index contributed by atoms with van der Waals surface area (Å²) < 4.78 is 0.732. The van der Waals surface area contributed by atoms with Gasteiger partial charge in [0.1, 0.15) is 0 Å². The first-order valence-electron chi connectivity index (χ1n) is 7.11. The van der Waals surface area contributed by atoms with Gasteiger partial charge in [0, 0.05) is 10.9 Å². The Hall–Kier alpha value is -2.11. The number of para-hydroxylation sites is 2. The van der Waals surface area contributed by atoms with E-state index in [9.17, 15) is 10.4 Å². The van der Waals surface area contributed by atoms with Crippen LogP contribution in [0.15, 0.2) is 24.3 Å². The maximum atomic E-state index is 12.3. The number of nitrogens with one attached hydrogen (secondary N) is 1. The molecular formula is C14H16N4O2. The zero-order valence-electron chi connectivity index (χ0n) is 11.0. The minimum atomic E-state index is 0.122. The third kappa shape index (κ3) is 1.67. The van der Waals surface area contributed by atoms with E-state index in [4.69, 9.17) is 0 Å². The molecule has 104 valence electrons. The van der Waals surface area contributed by atoms with E-state index in [1.54, 1.807) is 24.3 Å². The molecule has 6 nitrogen and oxygen atoms in total. The molecule has 0 saturated heterocycles. The molecular weight excluding hydrogens is 256 g/mol. The summed E-state index contributed by atoms with van der Waals surface area (Å²) in [7, 11) is 0.